The van der Waals surface area contributed by atoms with Crippen LogP contribution in [-0.4, -0.2) is 73.2 Å². The SMILES string of the molecule is COCCOCCCCCOCCOCCCC12CCC3(CC1COCc1ccccc1)C1CCCC34c3c(ccc(OC)c3OC24)C1. The van der Waals surface area contributed by atoms with Crippen LogP contribution >= 0.6 is 0 Å². The molecule has 6 atom stereocenters. The molecule has 2 aromatic carbocycles. The standard InChI is InChI=1S/C41H58O7/c1-42-23-24-44-20-7-4-8-21-45-25-26-46-22-10-16-39-18-19-40(28-34(39)30-47-29-31-11-5-3-6-12-31)33-13-9-17-41(40)36-32(27-33)14-15-35(43-2)37(36)48-38(39)41/h3,5-6,11-12,14-15,33-34,38H,4,7-10,13,16-30H2,1-2H3. The Morgan fingerprint density at radius 3 is 2.31 bits per heavy atom. The largest absolute Gasteiger partial charge is 0.493 e. The summed E-state index contributed by atoms with van der Waals surface area (Å²) < 4.78 is 42.5. The molecule has 0 N–H and O–H groups in total. The molecule has 48 heavy (non-hydrogen) atoms. The molecule has 264 valence electrons. The lowest BCUT2D eigenvalue weighted by Crippen LogP contribution is -2.74. The van der Waals surface area contributed by atoms with E-state index >= 15 is 0 Å². The third-order valence-corrected chi connectivity index (χ3v) is 13.0. The molecule has 8 rings (SSSR count). The topological polar surface area (TPSA) is 64.6 Å². The quantitative estimate of drug-likeness (QED) is 0.127. The number of hydrogen-bond donors (Lipinski definition) is 0. The van der Waals surface area contributed by atoms with Crippen molar-refractivity contribution in [3.63, 3.8) is 0 Å². The van der Waals surface area contributed by atoms with E-state index in [1.54, 1.807) is 14.2 Å². The van der Waals surface area contributed by atoms with Gasteiger partial charge in [0.25, 0.3) is 0 Å². The Balaban J connectivity index is 0.995. The lowest BCUT2D eigenvalue weighted by atomic mass is 9.30. The Labute approximate surface area is 288 Å². The first-order valence-electron chi connectivity index (χ1n) is 18.9. The summed E-state index contributed by atoms with van der Waals surface area (Å²) >= 11 is 0. The number of unbranched alkanes of at least 4 members (excludes halogenated alkanes) is 2. The van der Waals surface area contributed by atoms with Crippen molar-refractivity contribution in [3.8, 4) is 11.5 Å². The van der Waals surface area contributed by atoms with Crippen LogP contribution in [0.5, 0.6) is 11.5 Å². The fourth-order valence-electron chi connectivity index (χ4n) is 11.1. The van der Waals surface area contributed by atoms with Gasteiger partial charge in [-0.05, 0) is 105 Å². The normalized spacial score (nSPS) is 30.7. The number of hydrogen-bond acceptors (Lipinski definition) is 7. The molecule has 0 saturated heterocycles. The molecule has 1 aliphatic heterocycles. The number of ether oxygens (including phenoxy) is 7. The highest BCUT2D eigenvalue weighted by Crippen LogP contribution is 2.80. The van der Waals surface area contributed by atoms with E-state index < -0.39 is 0 Å². The Bertz CT molecular complexity index is 1330. The minimum absolute atomic E-state index is 0.0616. The molecule has 4 bridgehead atoms. The first-order valence-corrected chi connectivity index (χ1v) is 18.9. The molecule has 0 amide bonds. The highest BCUT2D eigenvalue weighted by atomic mass is 16.5. The van der Waals surface area contributed by atoms with Gasteiger partial charge in [-0.1, -0.05) is 42.8 Å². The van der Waals surface area contributed by atoms with Crippen LogP contribution in [0.4, 0.5) is 0 Å². The maximum Gasteiger partial charge on any atom is 0.165 e. The number of methoxy groups -OCH3 is 2. The third kappa shape index (κ3) is 6.10. The summed E-state index contributed by atoms with van der Waals surface area (Å²) in [7, 11) is 3.50. The van der Waals surface area contributed by atoms with Gasteiger partial charge in [-0.15, -0.1) is 0 Å². The van der Waals surface area contributed by atoms with E-state index in [0.717, 1.165) is 75.9 Å². The van der Waals surface area contributed by atoms with Gasteiger partial charge in [0, 0.05) is 43.3 Å². The first-order chi connectivity index (χ1) is 23.7. The maximum absolute atomic E-state index is 7.35. The summed E-state index contributed by atoms with van der Waals surface area (Å²) in [6, 6.07) is 15.2. The smallest absolute Gasteiger partial charge is 0.165 e. The molecule has 7 nitrogen and oxygen atoms in total. The number of fused-ring (bicyclic) bond motifs is 2. The molecule has 1 heterocycles. The molecule has 4 saturated carbocycles. The summed E-state index contributed by atoms with van der Waals surface area (Å²) in [5.41, 5.74) is 4.77. The second-order valence-corrected chi connectivity index (χ2v) is 15.2. The van der Waals surface area contributed by atoms with Crippen LogP contribution in [0.25, 0.3) is 0 Å². The summed E-state index contributed by atoms with van der Waals surface area (Å²) in [5, 5.41) is 0. The molecule has 0 aromatic heterocycles. The molecule has 2 spiro atoms. The minimum Gasteiger partial charge on any atom is -0.493 e. The Kier molecular flexibility index (Phi) is 11.0. The summed E-state index contributed by atoms with van der Waals surface area (Å²) in [4.78, 5) is 0. The summed E-state index contributed by atoms with van der Waals surface area (Å²) in [6.45, 7) is 6.45. The van der Waals surface area contributed by atoms with Crippen molar-refractivity contribution in [2.75, 3.05) is 67.1 Å². The van der Waals surface area contributed by atoms with E-state index in [2.05, 4.69) is 42.5 Å². The van der Waals surface area contributed by atoms with Crippen molar-refractivity contribution >= 4 is 0 Å². The molecular weight excluding hydrogens is 604 g/mol. The van der Waals surface area contributed by atoms with Gasteiger partial charge in [-0.3, -0.25) is 0 Å². The second kappa shape index (κ2) is 15.4. The molecule has 6 unspecified atom stereocenters. The Morgan fingerprint density at radius 1 is 0.771 bits per heavy atom. The van der Waals surface area contributed by atoms with E-state index in [-0.39, 0.29) is 16.9 Å². The van der Waals surface area contributed by atoms with Crippen LogP contribution in [0.15, 0.2) is 42.5 Å². The van der Waals surface area contributed by atoms with Crippen LogP contribution in [0.2, 0.25) is 0 Å². The molecule has 5 aliphatic carbocycles. The summed E-state index contributed by atoms with van der Waals surface area (Å²) in [5.74, 6) is 3.19. The zero-order valence-electron chi connectivity index (χ0n) is 29.5. The lowest BCUT2D eigenvalue weighted by Gasteiger charge is -2.73. The Hall–Kier alpha value is -2.16. The fourth-order valence-corrected chi connectivity index (χ4v) is 11.1. The van der Waals surface area contributed by atoms with Crippen molar-refractivity contribution in [1.82, 2.24) is 0 Å². The van der Waals surface area contributed by atoms with Crippen molar-refractivity contribution in [1.29, 1.82) is 0 Å². The van der Waals surface area contributed by atoms with E-state index in [1.807, 2.05) is 0 Å². The van der Waals surface area contributed by atoms with Gasteiger partial charge in [0.1, 0.15) is 6.10 Å². The van der Waals surface area contributed by atoms with E-state index in [9.17, 15) is 0 Å². The molecular formula is C41H58O7. The van der Waals surface area contributed by atoms with Gasteiger partial charge in [-0.2, -0.15) is 0 Å². The minimum atomic E-state index is 0.0616. The lowest BCUT2D eigenvalue weighted by molar-refractivity contribution is -0.242. The molecule has 2 aromatic rings. The van der Waals surface area contributed by atoms with Gasteiger partial charge in [0.2, 0.25) is 0 Å². The maximum atomic E-state index is 7.35. The van der Waals surface area contributed by atoms with Crippen molar-refractivity contribution < 1.29 is 33.2 Å². The first kappa shape index (κ1) is 34.3. The van der Waals surface area contributed by atoms with Crippen LogP contribution in [0.3, 0.4) is 0 Å². The number of benzene rings is 2. The van der Waals surface area contributed by atoms with Gasteiger partial charge in [0.15, 0.2) is 11.5 Å². The van der Waals surface area contributed by atoms with Gasteiger partial charge in [-0.25, -0.2) is 0 Å². The van der Waals surface area contributed by atoms with E-state index in [0.29, 0.717) is 44.4 Å². The molecule has 7 heteroatoms. The van der Waals surface area contributed by atoms with Gasteiger partial charge >= 0.3 is 0 Å². The zero-order valence-corrected chi connectivity index (χ0v) is 29.5. The van der Waals surface area contributed by atoms with Gasteiger partial charge < -0.3 is 33.2 Å². The average molecular weight is 663 g/mol. The monoisotopic (exact) mass is 662 g/mol. The zero-order chi connectivity index (χ0) is 32.9. The van der Waals surface area contributed by atoms with Crippen LogP contribution in [-0.2, 0) is 42.1 Å². The Morgan fingerprint density at radius 2 is 1.54 bits per heavy atom. The van der Waals surface area contributed by atoms with Crippen LogP contribution in [0.1, 0.15) is 87.3 Å². The highest BCUT2D eigenvalue weighted by molar-refractivity contribution is 5.62. The summed E-state index contributed by atoms with van der Waals surface area (Å²) in [6.07, 6.45) is 14.5. The average Bonchev–Trinajstić information content (AvgIpc) is 3.47. The second-order valence-electron chi connectivity index (χ2n) is 15.2. The van der Waals surface area contributed by atoms with Crippen molar-refractivity contribution in [3.05, 3.63) is 59.2 Å². The van der Waals surface area contributed by atoms with Crippen molar-refractivity contribution in [2.24, 2.45) is 22.7 Å². The fraction of sp³-hybridized carbons (Fsp3) is 0.707. The van der Waals surface area contributed by atoms with Crippen molar-refractivity contribution in [2.45, 2.75) is 95.2 Å². The highest BCUT2D eigenvalue weighted by Gasteiger charge is 2.78. The predicted molar refractivity (Wildman–Crippen MR) is 186 cm³/mol. The third-order valence-electron chi connectivity index (χ3n) is 13.0. The van der Waals surface area contributed by atoms with E-state index in [4.69, 9.17) is 33.2 Å². The van der Waals surface area contributed by atoms with Crippen LogP contribution in [0, 0.1) is 22.7 Å². The predicted octanol–water partition coefficient (Wildman–Crippen LogP) is 7.70. The number of rotatable bonds is 21. The molecule has 6 aliphatic rings. The van der Waals surface area contributed by atoms with Crippen LogP contribution < -0.4 is 9.47 Å². The molecule has 4 fully saturated rings. The van der Waals surface area contributed by atoms with E-state index in [1.165, 1.54) is 61.6 Å². The molecule has 0 radical (unpaired) electrons. The van der Waals surface area contributed by atoms with Gasteiger partial charge in [0.05, 0.1) is 46.8 Å².